The van der Waals surface area contributed by atoms with Crippen molar-refractivity contribution in [1.29, 1.82) is 0 Å². The molecular formula is C12H12BrFN2O3. The van der Waals surface area contributed by atoms with Crippen molar-refractivity contribution in [3.8, 4) is 0 Å². The van der Waals surface area contributed by atoms with Gasteiger partial charge in [0.05, 0.1) is 12.8 Å². The highest BCUT2D eigenvalue weighted by molar-refractivity contribution is 9.10. The van der Waals surface area contributed by atoms with Gasteiger partial charge in [0.2, 0.25) is 0 Å². The van der Waals surface area contributed by atoms with Gasteiger partial charge in [0, 0.05) is 4.47 Å². The van der Waals surface area contributed by atoms with Crippen LogP contribution in [0.25, 0.3) is 0 Å². The Hall–Kier alpha value is -1.63. The fourth-order valence-corrected chi connectivity index (χ4v) is 2.03. The number of ether oxygens (including phenoxy) is 1. The Bertz CT molecular complexity index is 532. The van der Waals surface area contributed by atoms with Crippen LogP contribution in [0.2, 0.25) is 0 Å². The van der Waals surface area contributed by atoms with E-state index in [1.165, 1.54) is 25.3 Å². The molecule has 1 saturated carbocycles. The zero-order chi connectivity index (χ0) is 14.0. The number of benzene rings is 1. The third kappa shape index (κ3) is 3.04. The fraction of sp³-hybridized carbons (Fsp3) is 0.333. The van der Waals surface area contributed by atoms with Crippen molar-refractivity contribution in [1.82, 2.24) is 5.32 Å². The molecule has 0 radical (unpaired) electrons. The standard InChI is InChI=1S/C12H12BrFN2O3/c1-19-10(17)12(4-5-12)16-11(18)15-9-6-7(13)2-3-8(9)14/h2-3,6H,4-5H2,1H3,(H2,15,16,18). The normalized spacial score (nSPS) is 15.5. The molecule has 2 rings (SSSR count). The molecule has 0 atom stereocenters. The number of nitrogens with one attached hydrogen (secondary N) is 2. The first-order chi connectivity index (χ1) is 8.97. The SMILES string of the molecule is COC(=O)C1(NC(=O)Nc2cc(Br)ccc2F)CC1. The number of carbonyl (C=O) groups excluding carboxylic acids is 2. The molecule has 1 aliphatic rings. The fourth-order valence-electron chi connectivity index (χ4n) is 1.66. The number of methoxy groups -OCH3 is 1. The minimum absolute atomic E-state index is 0.0348. The predicted octanol–water partition coefficient (Wildman–Crippen LogP) is 2.42. The van der Waals surface area contributed by atoms with Crippen molar-refractivity contribution in [2.45, 2.75) is 18.4 Å². The minimum Gasteiger partial charge on any atom is -0.467 e. The van der Waals surface area contributed by atoms with Gasteiger partial charge in [0.1, 0.15) is 11.4 Å². The molecular weight excluding hydrogens is 319 g/mol. The largest absolute Gasteiger partial charge is 0.467 e. The molecule has 5 nitrogen and oxygen atoms in total. The van der Waals surface area contributed by atoms with Gasteiger partial charge in [-0.2, -0.15) is 0 Å². The summed E-state index contributed by atoms with van der Waals surface area (Å²) in [4.78, 5) is 23.2. The second-order valence-electron chi connectivity index (χ2n) is 4.28. The molecule has 1 aliphatic carbocycles. The van der Waals surface area contributed by atoms with Crippen molar-refractivity contribution in [3.63, 3.8) is 0 Å². The van der Waals surface area contributed by atoms with Crippen molar-refractivity contribution in [2.24, 2.45) is 0 Å². The van der Waals surface area contributed by atoms with Crippen molar-refractivity contribution in [3.05, 3.63) is 28.5 Å². The molecule has 0 saturated heterocycles. The molecule has 0 aromatic heterocycles. The summed E-state index contributed by atoms with van der Waals surface area (Å²) in [5, 5.41) is 4.87. The van der Waals surface area contributed by atoms with Gasteiger partial charge in [-0.1, -0.05) is 15.9 Å². The number of esters is 1. The molecule has 102 valence electrons. The lowest BCUT2D eigenvalue weighted by molar-refractivity contribution is -0.144. The maximum atomic E-state index is 13.4. The van der Waals surface area contributed by atoms with E-state index in [1.807, 2.05) is 0 Å². The number of rotatable bonds is 3. The molecule has 2 amide bonds. The number of carbonyl (C=O) groups is 2. The second-order valence-corrected chi connectivity index (χ2v) is 5.19. The summed E-state index contributed by atoms with van der Waals surface area (Å²) < 4.78 is 18.7. The maximum Gasteiger partial charge on any atom is 0.331 e. The summed E-state index contributed by atoms with van der Waals surface area (Å²) in [6.45, 7) is 0. The van der Waals surface area contributed by atoms with E-state index in [-0.39, 0.29) is 5.69 Å². The summed E-state index contributed by atoms with van der Waals surface area (Å²) in [5.74, 6) is -1.04. The average Bonchev–Trinajstić information content (AvgIpc) is 3.13. The van der Waals surface area contributed by atoms with Crippen molar-refractivity contribution >= 4 is 33.6 Å². The lowest BCUT2D eigenvalue weighted by Crippen LogP contribution is -2.45. The van der Waals surface area contributed by atoms with Crippen molar-refractivity contribution < 1.29 is 18.7 Å². The second kappa shape index (κ2) is 5.16. The highest BCUT2D eigenvalue weighted by atomic mass is 79.9. The Morgan fingerprint density at radius 3 is 2.68 bits per heavy atom. The Kier molecular flexibility index (Phi) is 3.75. The Morgan fingerprint density at radius 1 is 1.42 bits per heavy atom. The van der Waals surface area contributed by atoms with Crippen LogP contribution < -0.4 is 10.6 Å². The Morgan fingerprint density at radius 2 is 2.11 bits per heavy atom. The monoisotopic (exact) mass is 330 g/mol. The summed E-state index contributed by atoms with van der Waals surface area (Å²) in [5.41, 5.74) is -0.922. The molecule has 19 heavy (non-hydrogen) atoms. The van der Waals surface area contributed by atoms with E-state index in [0.717, 1.165) is 0 Å². The van der Waals surface area contributed by atoms with E-state index in [4.69, 9.17) is 0 Å². The molecule has 0 spiro atoms. The number of amides is 2. The Balaban J connectivity index is 2.02. The first-order valence-electron chi connectivity index (χ1n) is 5.59. The first-order valence-corrected chi connectivity index (χ1v) is 6.39. The van der Waals surface area contributed by atoms with Crippen LogP contribution >= 0.6 is 15.9 Å². The van der Waals surface area contributed by atoms with Gasteiger partial charge in [-0.15, -0.1) is 0 Å². The molecule has 1 aromatic carbocycles. The molecule has 0 unspecified atom stereocenters. The summed E-state index contributed by atoms with van der Waals surface area (Å²) in [7, 11) is 1.26. The highest BCUT2D eigenvalue weighted by Crippen LogP contribution is 2.36. The maximum absolute atomic E-state index is 13.4. The van der Waals surface area contributed by atoms with Crippen LogP contribution in [-0.2, 0) is 9.53 Å². The van der Waals surface area contributed by atoms with E-state index in [1.54, 1.807) is 0 Å². The smallest absolute Gasteiger partial charge is 0.331 e. The van der Waals surface area contributed by atoms with Gasteiger partial charge < -0.3 is 15.4 Å². The number of halogens is 2. The van der Waals surface area contributed by atoms with Crippen LogP contribution in [0.1, 0.15) is 12.8 Å². The number of anilines is 1. The van der Waals surface area contributed by atoms with Crippen LogP contribution in [0.3, 0.4) is 0 Å². The van der Waals surface area contributed by atoms with Gasteiger partial charge in [-0.25, -0.2) is 14.0 Å². The molecule has 1 aromatic rings. The zero-order valence-corrected chi connectivity index (χ0v) is 11.7. The van der Waals surface area contributed by atoms with E-state index >= 15 is 0 Å². The lowest BCUT2D eigenvalue weighted by atomic mass is 10.3. The van der Waals surface area contributed by atoms with Crippen LogP contribution in [-0.4, -0.2) is 24.6 Å². The third-order valence-corrected chi connectivity index (χ3v) is 3.35. The van der Waals surface area contributed by atoms with Crippen molar-refractivity contribution in [2.75, 3.05) is 12.4 Å². The van der Waals surface area contributed by atoms with Gasteiger partial charge in [0.15, 0.2) is 0 Å². The molecule has 2 N–H and O–H groups in total. The van der Waals surface area contributed by atoms with E-state index in [0.29, 0.717) is 17.3 Å². The minimum atomic E-state index is -0.957. The van der Waals surface area contributed by atoms with E-state index < -0.39 is 23.4 Å². The molecule has 7 heteroatoms. The highest BCUT2D eigenvalue weighted by Gasteiger charge is 2.52. The Labute approximate surface area is 117 Å². The quantitative estimate of drug-likeness (QED) is 0.836. The van der Waals surface area contributed by atoms with Gasteiger partial charge in [-0.3, -0.25) is 0 Å². The van der Waals surface area contributed by atoms with Gasteiger partial charge >= 0.3 is 12.0 Å². The summed E-state index contributed by atoms with van der Waals surface area (Å²) in [6.07, 6.45) is 1.04. The van der Waals surface area contributed by atoms with Gasteiger partial charge in [-0.05, 0) is 31.0 Å². The molecule has 0 heterocycles. The first kappa shape index (κ1) is 13.8. The summed E-state index contributed by atoms with van der Waals surface area (Å²) >= 11 is 3.18. The predicted molar refractivity (Wildman–Crippen MR) is 70.2 cm³/mol. The van der Waals surface area contributed by atoms with Crippen LogP contribution in [0, 0.1) is 5.82 Å². The number of hydrogen-bond donors (Lipinski definition) is 2. The molecule has 1 fully saturated rings. The number of urea groups is 1. The van der Waals surface area contributed by atoms with Gasteiger partial charge in [0.25, 0.3) is 0 Å². The summed E-state index contributed by atoms with van der Waals surface area (Å²) in [6, 6.07) is 3.55. The average molecular weight is 331 g/mol. The van der Waals surface area contributed by atoms with Crippen LogP contribution in [0.4, 0.5) is 14.9 Å². The zero-order valence-electron chi connectivity index (χ0n) is 10.1. The lowest BCUT2D eigenvalue weighted by Gasteiger charge is -2.15. The number of hydrogen-bond acceptors (Lipinski definition) is 3. The third-order valence-electron chi connectivity index (χ3n) is 2.86. The van der Waals surface area contributed by atoms with Crippen LogP contribution in [0.5, 0.6) is 0 Å². The van der Waals surface area contributed by atoms with Crippen LogP contribution in [0.15, 0.2) is 22.7 Å². The molecule has 0 bridgehead atoms. The topological polar surface area (TPSA) is 67.4 Å². The molecule has 0 aliphatic heterocycles. The van der Waals surface area contributed by atoms with E-state index in [9.17, 15) is 14.0 Å². The van der Waals surface area contributed by atoms with E-state index in [2.05, 4.69) is 31.3 Å².